The van der Waals surface area contributed by atoms with Crippen molar-refractivity contribution in [3.8, 4) is 11.5 Å². The van der Waals surface area contributed by atoms with Crippen LogP contribution in [-0.4, -0.2) is 94.2 Å². The van der Waals surface area contributed by atoms with Crippen LogP contribution in [0.4, 0.5) is 0 Å². The van der Waals surface area contributed by atoms with E-state index in [-0.39, 0.29) is 49.4 Å². The zero-order valence-corrected chi connectivity index (χ0v) is 26.6. The van der Waals surface area contributed by atoms with Crippen molar-refractivity contribution < 1.29 is 58.5 Å². The predicted molar refractivity (Wildman–Crippen MR) is 163 cm³/mol. The first-order valence-corrected chi connectivity index (χ1v) is 16.3. The lowest BCUT2D eigenvalue weighted by Gasteiger charge is -2.41. The summed E-state index contributed by atoms with van der Waals surface area (Å²) in [5.41, 5.74) is 1.12. The van der Waals surface area contributed by atoms with Crippen LogP contribution in [0.25, 0.3) is 11.0 Å². The van der Waals surface area contributed by atoms with Crippen molar-refractivity contribution in [3.05, 3.63) is 23.5 Å². The Balaban J connectivity index is 1.61. The van der Waals surface area contributed by atoms with E-state index in [2.05, 4.69) is 19.2 Å². The molecule has 0 bridgehead atoms. The molecule has 13 nitrogen and oxygen atoms in total. The van der Waals surface area contributed by atoms with Gasteiger partial charge in [0.25, 0.3) is 0 Å². The van der Waals surface area contributed by atoms with Crippen LogP contribution in [0.1, 0.15) is 82.8 Å². The number of furan rings is 1. The monoisotopic (exact) mass is 649 g/mol. The van der Waals surface area contributed by atoms with Gasteiger partial charge in [0.1, 0.15) is 24.4 Å². The van der Waals surface area contributed by atoms with E-state index in [0.717, 1.165) is 37.7 Å². The van der Waals surface area contributed by atoms with Crippen LogP contribution >= 0.6 is 0 Å². The molecule has 1 spiro atoms. The number of amides is 1. The summed E-state index contributed by atoms with van der Waals surface area (Å²) in [7, 11) is 0. The molecule has 0 radical (unpaired) electrons. The van der Waals surface area contributed by atoms with Crippen LogP contribution in [0.15, 0.2) is 16.7 Å². The average Bonchev–Trinajstić information content (AvgIpc) is 3.75. The number of ether oxygens (including phenoxy) is 4. The van der Waals surface area contributed by atoms with Gasteiger partial charge < -0.3 is 54.2 Å². The smallest absolute Gasteiger partial charge is 0.306 e. The third-order valence-electron chi connectivity index (χ3n) is 9.55. The number of carbonyl (C=O) groups is 2. The molecule has 2 saturated heterocycles. The molecule has 1 aromatic carbocycles. The van der Waals surface area contributed by atoms with Gasteiger partial charge >= 0.3 is 5.97 Å². The van der Waals surface area contributed by atoms with Gasteiger partial charge in [0.15, 0.2) is 17.6 Å². The van der Waals surface area contributed by atoms with Crippen LogP contribution in [0.3, 0.4) is 0 Å². The van der Waals surface area contributed by atoms with Crippen LogP contribution in [-0.2, 0) is 25.5 Å². The molecule has 256 valence electrons. The van der Waals surface area contributed by atoms with E-state index >= 15 is 0 Å². The number of esters is 1. The first-order valence-electron chi connectivity index (χ1n) is 16.3. The maximum atomic E-state index is 13.1. The van der Waals surface area contributed by atoms with Crippen molar-refractivity contribution in [3.63, 3.8) is 0 Å². The van der Waals surface area contributed by atoms with E-state index in [9.17, 15) is 35.1 Å². The van der Waals surface area contributed by atoms with Crippen LogP contribution < -0.4 is 14.8 Å². The minimum absolute atomic E-state index is 0.0174. The molecule has 2 aromatic rings. The Labute approximate surface area is 267 Å². The molecule has 3 heterocycles. The highest BCUT2D eigenvalue weighted by Crippen LogP contribution is 2.54. The molecule has 1 amide bonds. The van der Waals surface area contributed by atoms with E-state index in [0.29, 0.717) is 35.4 Å². The fourth-order valence-electron chi connectivity index (χ4n) is 7.09. The summed E-state index contributed by atoms with van der Waals surface area (Å²) in [6.07, 6.45) is -4.13. The summed E-state index contributed by atoms with van der Waals surface area (Å²) in [4.78, 5) is 25.6. The molecular formula is C33H47NO12. The number of fused-ring (bicyclic) bond motifs is 1. The number of benzene rings is 1. The Morgan fingerprint density at radius 3 is 2.52 bits per heavy atom. The Hall–Kier alpha value is -2.94. The number of aliphatic hydroxyl groups excluding tert-OH is 4. The largest absolute Gasteiger partial charge is 0.486 e. The van der Waals surface area contributed by atoms with Gasteiger partial charge in [-0.2, -0.15) is 0 Å². The zero-order chi connectivity index (χ0) is 33.2. The first kappa shape index (κ1) is 34.4. The molecule has 6 unspecified atom stereocenters. The maximum Gasteiger partial charge on any atom is 0.306 e. The van der Waals surface area contributed by atoms with Crippen LogP contribution in [0.5, 0.6) is 11.5 Å². The van der Waals surface area contributed by atoms with Crippen molar-refractivity contribution in [2.75, 3.05) is 19.8 Å². The van der Waals surface area contributed by atoms with E-state index in [1.165, 1.54) is 0 Å². The van der Waals surface area contributed by atoms with Gasteiger partial charge in [-0.1, -0.05) is 26.7 Å². The van der Waals surface area contributed by atoms with E-state index in [1.54, 1.807) is 13.2 Å². The van der Waals surface area contributed by atoms with Gasteiger partial charge in [-0.3, -0.25) is 9.59 Å². The lowest BCUT2D eigenvalue weighted by Crippen LogP contribution is -2.62. The third-order valence-corrected chi connectivity index (χ3v) is 9.55. The minimum atomic E-state index is -2.18. The van der Waals surface area contributed by atoms with E-state index < -0.39 is 48.4 Å². The molecule has 2 aliphatic heterocycles. The lowest BCUT2D eigenvalue weighted by atomic mass is 9.72. The molecule has 1 aromatic heterocycles. The second-order valence-corrected chi connectivity index (χ2v) is 13.0. The predicted octanol–water partition coefficient (Wildman–Crippen LogP) is 2.01. The maximum absolute atomic E-state index is 13.1. The number of carbonyl (C=O) groups excluding carboxylic acids is 2. The molecule has 3 aliphatic rings. The molecule has 1 saturated carbocycles. The summed E-state index contributed by atoms with van der Waals surface area (Å²) in [6.45, 7) is 6.86. The molecule has 13 heteroatoms. The number of hydrogen-bond acceptors (Lipinski definition) is 12. The van der Waals surface area contributed by atoms with Gasteiger partial charge in [0.05, 0.1) is 24.9 Å². The molecule has 5 rings (SSSR count). The highest BCUT2D eigenvalue weighted by molar-refractivity contribution is 5.93. The fraction of sp³-hybridized carbons (Fsp3) is 0.697. The summed E-state index contributed by atoms with van der Waals surface area (Å²) in [5.74, 6) is 0.141. The van der Waals surface area contributed by atoms with Gasteiger partial charge in [0, 0.05) is 29.8 Å². The molecule has 6 atom stereocenters. The van der Waals surface area contributed by atoms with Crippen molar-refractivity contribution in [2.24, 2.45) is 11.3 Å². The topological polar surface area (TPSA) is 197 Å². The minimum Gasteiger partial charge on any atom is -0.486 e. The second-order valence-electron chi connectivity index (χ2n) is 13.0. The molecular weight excluding hydrogens is 602 g/mol. The Morgan fingerprint density at radius 1 is 1.11 bits per heavy atom. The second kappa shape index (κ2) is 14.4. The Kier molecular flexibility index (Phi) is 10.8. The van der Waals surface area contributed by atoms with Crippen molar-refractivity contribution in [2.45, 2.75) is 115 Å². The lowest BCUT2D eigenvalue weighted by molar-refractivity contribution is -0.310. The molecule has 1 aliphatic carbocycles. The molecule has 6 N–H and O–H groups in total. The third kappa shape index (κ3) is 6.71. The SMILES string of the molecule is CCOC(=O)CCc1cc2c(C3CNC(=O)C34CCCC4)coc2c(OCCCC(C)C)c1OC1OC(C(O)O)C(O)C(O)C1O. The van der Waals surface area contributed by atoms with Crippen molar-refractivity contribution >= 4 is 22.8 Å². The summed E-state index contributed by atoms with van der Waals surface area (Å²) >= 11 is 0. The fourth-order valence-corrected chi connectivity index (χ4v) is 7.09. The molecule has 46 heavy (non-hydrogen) atoms. The van der Waals surface area contributed by atoms with E-state index in [1.807, 2.05) is 6.07 Å². The number of aryl methyl sites for hydroxylation is 1. The standard InChI is InChI=1S/C33H47NO12/c1-4-42-22(35)10-9-18-14-19-20(21-15-34-32(41)33(21)11-5-6-12-33)16-44-27(19)29(43-13-7-8-17(2)3)26(18)45-31-25(38)23(36)24(37)28(46-31)30(39)40/h14,16-17,21,23-25,28,30-31,36-40H,4-13,15H2,1-3H3,(H,34,41). The van der Waals surface area contributed by atoms with E-state index in [4.69, 9.17) is 23.4 Å². The highest BCUT2D eigenvalue weighted by Gasteiger charge is 2.53. The normalized spacial score (nSPS) is 27.6. The summed E-state index contributed by atoms with van der Waals surface area (Å²) in [6, 6.07) is 1.81. The number of nitrogens with one attached hydrogen (secondary N) is 1. The molecule has 3 fully saturated rings. The van der Waals surface area contributed by atoms with Crippen LogP contribution in [0, 0.1) is 11.3 Å². The number of rotatable bonds is 13. The first-order chi connectivity index (χ1) is 22.0. The van der Waals surface area contributed by atoms with Crippen LogP contribution in [0.2, 0.25) is 0 Å². The Bertz CT molecular complexity index is 1370. The zero-order valence-electron chi connectivity index (χ0n) is 26.6. The van der Waals surface area contributed by atoms with Gasteiger partial charge in [-0.15, -0.1) is 0 Å². The summed E-state index contributed by atoms with van der Waals surface area (Å²) in [5, 5.41) is 54.9. The van der Waals surface area contributed by atoms with Crippen molar-refractivity contribution in [1.29, 1.82) is 0 Å². The van der Waals surface area contributed by atoms with Gasteiger partial charge in [0.2, 0.25) is 17.9 Å². The number of aliphatic hydroxyl groups is 5. The van der Waals surface area contributed by atoms with Gasteiger partial charge in [-0.25, -0.2) is 0 Å². The number of hydrogen-bond donors (Lipinski definition) is 6. The van der Waals surface area contributed by atoms with Crippen molar-refractivity contribution in [1.82, 2.24) is 5.32 Å². The quantitative estimate of drug-likeness (QED) is 0.105. The average molecular weight is 650 g/mol. The van der Waals surface area contributed by atoms with Gasteiger partial charge in [-0.05, 0) is 56.6 Å². The highest BCUT2D eigenvalue weighted by atomic mass is 16.7. The summed E-state index contributed by atoms with van der Waals surface area (Å²) < 4.78 is 29.4. The Morgan fingerprint density at radius 2 is 1.85 bits per heavy atom.